The molecule has 6 nitrogen and oxygen atoms in total. The molecule has 3 aromatic carbocycles. The number of carbonyl (C=O) groups is 1. The van der Waals surface area contributed by atoms with Crippen molar-refractivity contribution in [3.8, 4) is 0 Å². The van der Waals surface area contributed by atoms with Gasteiger partial charge in [-0.15, -0.1) is 0 Å². The number of halogens is 1. The maximum Gasteiger partial charge on any atom is 0.253 e. The highest BCUT2D eigenvalue weighted by atomic mass is 79.9. The normalized spacial score (nSPS) is 14.4. The Balaban J connectivity index is 1.30. The molecular weight excluding hydrogens is 514 g/mol. The van der Waals surface area contributed by atoms with Gasteiger partial charge in [-0.2, -0.15) is 0 Å². The molecule has 1 amide bonds. The Kier molecular flexibility index (Phi) is 6.10. The first-order valence-corrected chi connectivity index (χ1v) is 13.2. The Labute approximate surface area is 206 Å². The first kappa shape index (κ1) is 22.6. The summed E-state index contributed by atoms with van der Waals surface area (Å²) in [7, 11) is -3.69. The van der Waals surface area contributed by atoms with Crippen LogP contribution in [0.3, 0.4) is 0 Å². The Morgan fingerprint density at radius 2 is 1.38 bits per heavy atom. The van der Waals surface area contributed by atoms with E-state index in [-0.39, 0.29) is 15.7 Å². The van der Waals surface area contributed by atoms with Crippen LogP contribution in [0.2, 0.25) is 0 Å². The van der Waals surface area contributed by atoms with E-state index < -0.39 is 9.84 Å². The van der Waals surface area contributed by atoms with Crippen LogP contribution in [0.5, 0.6) is 0 Å². The van der Waals surface area contributed by atoms with E-state index >= 15 is 0 Å². The minimum atomic E-state index is -3.69. The van der Waals surface area contributed by atoms with Gasteiger partial charge in [0.2, 0.25) is 9.84 Å². The van der Waals surface area contributed by atoms with Crippen LogP contribution in [0.4, 0.5) is 5.69 Å². The van der Waals surface area contributed by atoms with Crippen molar-refractivity contribution in [2.45, 2.75) is 9.79 Å². The van der Waals surface area contributed by atoms with E-state index in [9.17, 15) is 13.2 Å². The van der Waals surface area contributed by atoms with Crippen LogP contribution < -0.4 is 4.90 Å². The highest BCUT2D eigenvalue weighted by Crippen LogP contribution is 2.27. The summed E-state index contributed by atoms with van der Waals surface area (Å²) >= 11 is 3.43. The van der Waals surface area contributed by atoms with E-state index in [1.165, 1.54) is 12.1 Å². The van der Waals surface area contributed by atoms with Crippen LogP contribution in [0.15, 0.2) is 99.5 Å². The Bertz CT molecular complexity index is 1450. The van der Waals surface area contributed by atoms with Gasteiger partial charge in [-0.25, -0.2) is 8.42 Å². The lowest BCUT2D eigenvalue weighted by molar-refractivity contribution is 0.0746. The third kappa shape index (κ3) is 4.43. The molecule has 34 heavy (non-hydrogen) atoms. The highest BCUT2D eigenvalue weighted by molar-refractivity contribution is 9.10. The zero-order valence-electron chi connectivity index (χ0n) is 18.3. The summed E-state index contributed by atoms with van der Waals surface area (Å²) in [6.07, 6.45) is 3.53. The summed E-state index contributed by atoms with van der Waals surface area (Å²) < 4.78 is 27.3. The second kappa shape index (κ2) is 9.19. The molecule has 0 atom stereocenters. The number of aromatic nitrogens is 1. The number of nitrogens with zero attached hydrogens (tertiary/aromatic N) is 3. The van der Waals surface area contributed by atoms with Gasteiger partial charge in [-0.3, -0.25) is 9.78 Å². The van der Waals surface area contributed by atoms with Crippen molar-refractivity contribution in [1.29, 1.82) is 0 Å². The molecule has 8 heteroatoms. The average molecular weight is 536 g/mol. The first-order chi connectivity index (χ1) is 16.4. The Morgan fingerprint density at radius 3 is 2.09 bits per heavy atom. The topological polar surface area (TPSA) is 70.6 Å². The predicted octanol–water partition coefficient (Wildman–Crippen LogP) is 4.79. The van der Waals surface area contributed by atoms with Crippen LogP contribution in [0.1, 0.15) is 10.4 Å². The molecule has 0 aliphatic carbocycles. The van der Waals surface area contributed by atoms with Crippen LogP contribution in [-0.4, -0.2) is 50.4 Å². The lowest BCUT2D eigenvalue weighted by atomic mass is 10.1. The molecule has 0 unspecified atom stereocenters. The molecule has 1 aromatic heterocycles. The van der Waals surface area contributed by atoms with Gasteiger partial charge in [0.15, 0.2) is 0 Å². The Hall–Kier alpha value is -3.23. The molecule has 2 heterocycles. The van der Waals surface area contributed by atoms with E-state index in [1.54, 1.807) is 42.7 Å². The third-order valence-electron chi connectivity index (χ3n) is 6.09. The van der Waals surface area contributed by atoms with E-state index in [1.807, 2.05) is 35.2 Å². The summed E-state index contributed by atoms with van der Waals surface area (Å²) in [5.41, 5.74) is 1.58. The number of anilines is 1. The Morgan fingerprint density at radius 1 is 0.765 bits per heavy atom. The molecule has 0 N–H and O–H groups in total. The van der Waals surface area contributed by atoms with Crippen molar-refractivity contribution in [2.75, 3.05) is 31.1 Å². The van der Waals surface area contributed by atoms with Crippen molar-refractivity contribution in [2.24, 2.45) is 0 Å². The zero-order chi connectivity index (χ0) is 23.7. The van der Waals surface area contributed by atoms with E-state index in [0.29, 0.717) is 18.7 Å². The van der Waals surface area contributed by atoms with E-state index in [4.69, 9.17) is 0 Å². The summed E-state index contributed by atoms with van der Waals surface area (Å²) in [6.45, 7) is 2.68. The predicted molar refractivity (Wildman–Crippen MR) is 136 cm³/mol. The minimum Gasteiger partial charge on any atom is -0.368 e. The fourth-order valence-electron chi connectivity index (χ4n) is 4.18. The molecular formula is C26H22BrN3O3S. The van der Waals surface area contributed by atoms with Crippen LogP contribution in [-0.2, 0) is 9.84 Å². The van der Waals surface area contributed by atoms with Gasteiger partial charge >= 0.3 is 0 Å². The van der Waals surface area contributed by atoms with Gasteiger partial charge in [-0.1, -0.05) is 28.1 Å². The lowest BCUT2D eigenvalue weighted by Crippen LogP contribution is -2.48. The molecule has 0 radical (unpaired) electrons. The van der Waals surface area contributed by atoms with Gasteiger partial charge in [-0.05, 0) is 71.4 Å². The SMILES string of the molecule is O=C(c1ccc(S(=O)(=O)c2ccc3cc(Br)ccc3c2)cc1)N1CCN(c2ccncc2)CC1. The lowest BCUT2D eigenvalue weighted by Gasteiger charge is -2.36. The summed E-state index contributed by atoms with van der Waals surface area (Å²) in [5.74, 6) is -0.0883. The first-order valence-electron chi connectivity index (χ1n) is 10.9. The smallest absolute Gasteiger partial charge is 0.253 e. The number of carbonyl (C=O) groups excluding carboxylic acids is 1. The van der Waals surface area contributed by atoms with E-state index in [0.717, 1.165) is 34.0 Å². The second-order valence-corrected chi connectivity index (χ2v) is 11.0. The quantitative estimate of drug-likeness (QED) is 0.375. The number of fused-ring (bicyclic) bond motifs is 1. The number of hydrogen-bond acceptors (Lipinski definition) is 5. The highest BCUT2D eigenvalue weighted by Gasteiger charge is 2.24. The number of amides is 1. The minimum absolute atomic E-state index is 0.0883. The molecule has 4 aromatic rings. The summed E-state index contributed by atoms with van der Waals surface area (Å²) in [6, 6.07) is 21.0. The van der Waals surface area contributed by atoms with Gasteiger partial charge in [0, 0.05) is 54.3 Å². The van der Waals surface area contributed by atoms with Crippen molar-refractivity contribution in [3.05, 3.63) is 95.2 Å². The van der Waals surface area contributed by atoms with Gasteiger partial charge in [0.1, 0.15) is 0 Å². The van der Waals surface area contributed by atoms with Gasteiger partial charge in [0.25, 0.3) is 5.91 Å². The molecule has 0 spiro atoms. The molecule has 0 saturated carbocycles. The number of rotatable bonds is 4. The molecule has 1 fully saturated rings. The fourth-order valence-corrected chi connectivity index (χ4v) is 5.85. The standard InChI is InChI=1S/C26H22BrN3O3S/c27-22-5-1-21-18-25(8-4-20(21)17-22)34(32,33)24-6-2-19(3-7-24)26(31)30-15-13-29(14-16-30)23-9-11-28-12-10-23/h1-12,17-18H,13-16H2. The van der Waals surface area contributed by atoms with Crippen molar-refractivity contribution in [3.63, 3.8) is 0 Å². The number of sulfone groups is 1. The third-order valence-corrected chi connectivity index (χ3v) is 8.35. The second-order valence-electron chi connectivity index (χ2n) is 8.17. The maximum atomic E-state index is 13.2. The van der Waals surface area contributed by atoms with Crippen molar-refractivity contribution >= 4 is 48.1 Å². The van der Waals surface area contributed by atoms with E-state index in [2.05, 4.69) is 25.8 Å². The molecule has 0 bridgehead atoms. The number of piperazine rings is 1. The molecule has 1 aliphatic heterocycles. The van der Waals surface area contributed by atoms with Crippen molar-refractivity contribution < 1.29 is 13.2 Å². The summed E-state index contributed by atoms with van der Waals surface area (Å²) in [4.78, 5) is 21.5. The fraction of sp³-hybridized carbons (Fsp3) is 0.154. The monoisotopic (exact) mass is 535 g/mol. The van der Waals surface area contributed by atoms with Crippen LogP contribution >= 0.6 is 15.9 Å². The largest absolute Gasteiger partial charge is 0.368 e. The zero-order valence-corrected chi connectivity index (χ0v) is 20.7. The number of hydrogen-bond donors (Lipinski definition) is 0. The number of benzene rings is 3. The average Bonchev–Trinajstić information content (AvgIpc) is 2.88. The van der Waals surface area contributed by atoms with Gasteiger partial charge in [0.05, 0.1) is 9.79 Å². The molecule has 5 rings (SSSR count). The van der Waals surface area contributed by atoms with Crippen LogP contribution in [0, 0.1) is 0 Å². The molecule has 1 aliphatic rings. The van der Waals surface area contributed by atoms with Gasteiger partial charge < -0.3 is 9.80 Å². The molecule has 172 valence electrons. The maximum absolute atomic E-state index is 13.2. The summed E-state index contributed by atoms with van der Waals surface area (Å²) in [5, 5.41) is 1.81. The molecule has 1 saturated heterocycles. The number of pyridine rings is 1. The van der Waals surface area contributed by atoms with Crippen LogP contribution in [0.25, 0.3) is 10.8 Å². The van der Waals surface area contributed by atoms with Crippen molar-refractivity contribution in [1.82, 2.24) is 9.88 Å².